The van der Waals surface area contributed by atoms with E-state index in [1.54, 1.807) is 0 Å². The molecule has 120 valence electrons. The summed E-state index contributed by atoms with van der Waals surface area (Å²) in [5.41, 5.74) is 3.85. The van der Waals surface area contributed by atoms with Crippen LogP contribution in [0, 0.1) is 12.8 Å². The van der Waals surface area contributed by atoms with E-state index in [0.29, 0.717) is 12.0 Å². The molecule has 0 amide bonds. The molecular formula is C18H28N4. The monoisotopic (exact) mass is 300 g/mol. The fourth-order valence-electron chi connectivity index (χ4n) is 2.54. The Morgan fingerprint density at radius 2 is 1.95 bits per heavy atom. The van der Waals surface area contributed by atoms with Crippen molar-refractivity contribution < 1.29 is 0 Å². The normalized spacial score (nSPS) is 13.6. The molecule has 1 unspecified atom stereocenters. The lowest BCUT2D eigenvalue weighted by Crippen LogP contribution is -2.44. The van der Waals surface area contributed by atoms with Crippen molar-refractivity contribution in [3.63, 3.8) is 0 Å². The SMILES string of the molecule is CN=C(NCCc1c(C)[nH]c2ccccc12)NC(C)C(C)C. The Kier molecular flexibility index (Phi) is 5.47. The van der Waals surface area contributed by atoms with Crippen LogP contribution in [0.25, 0.3) is 10.9 Å². The summed E-state index contributed by atoms with van der Waals surface area (Å²) in [5, 5.41) is 8.16. The van der Waals surface area contributed by atoms with Gasteiger partial charge < -0.3 is 15.6 Å². The van der Waals surface area contributed by atoms with E-state index in [9.17, 15) is 0 Å². The van der Waals surface area contributed by atoms with Crippen LogP contribution in [0.1, 0.15) is 32.0 Å². The van der Waals surface area contributed by atoms with Crippen molar-refractivity contribution in [2.75, 3.05) is 13.6 Å². The maximum Gasteiger partial charge on any atom is 0.191 e. The molecule has 1 atom stereocenters. The van der Waals surface area contributed by atoms with Crippen LogP contribution in [0.4, 0.5) is 0 Å². The Labute approximate surface area is 133 Å². The zero-order valence-electron chi connectivity index (χ0n) is 14.3. The predicted molar refractivity (Wildman–Crippen MR) is 95.5 cm³/mol. The molecule has 0 aliphatic carbocycles. The van der Waals surface area contributed by atoms with Gasteiger partial charge in [0.25, 0.3) is 0 Å². The molecule has 0 saturated heterocycles. The molecule has 0 spiro atoms. The summed E-state index contributed by atoms with van der Waals surface area (Å²) in [6.45, 7) is 9.61. The quantitative estimate of drug-likeness (QED) is 0.586. The first-order valence-electron chi connectivity index (χ1n) is 8.06. The second-order valence-electron chi connectivity index (χ2n) is 6.20. The van der Waals surface area contributed by atoms with Crippen LogP contribution in [0.5, 0.6) is 0 Å². The van der Waals surface area contributed by atoms with Crippen molar-refractivity contribution in [3.8, 4) is 0 Å². The topological polar surface area (TPSA) is 52.2 Å². The van der Waals surface area contributed by atoms with Gasteiger partial charge in [-0.05, 0) is 37.8 Å². The van der Waals surface area contributed by atoms with Crippen LogP contribution in [-0.4, -0.2) is 30.6 Å². The fraction of sp³-hybridized carbons (Fsp3) is 0.500. The zero-order valence-corrected chi connectivity index (χ0v) is 14.3. The van der Waals surface area contributed by atoms with Crippen LogP contribution in [0.15, 0.2) is 29.3 Å². The van der Waals surface area contributed by atoms with E-state index < -0.39 is 0 Å². The summed E-state index contributed by atoms with van der Waals surface area (Å²) < 4.78 is 0. The Bertz CT molecular complexity index is 640. The molecular weight excluding hydrogens is 272 g/mol. The second-order valence-corrected chi connectivity index (χ2v) is 6.20. The van der Waals surface area contributed by atoms with Gasteiger partial charge in [-0.3, -0.25) is 4.99 Å². The molecule has 0 aliphatic heterocycles. The number of para-hydroxylation sites is 1. The first-order valence-corrected chi connectivity index (χ1v) is 8.06. The second kappa shape index (κ2) is 7.34. The minimum atomic E-state index is 0.404. The van der Waals surface area contributed by atoms with Gasteiger partial charge in [-0.15, -0.1) is 0 Å². The lowest BCUT2D eigenvalue weighted by atomic mass is 10.1. The Morgan fingerprint density at radius 1 is 1.23 bits per heavy atom. The number of hydrogen-bond donors (Lipinski definition) is 3. The number of benzene rings is 1. The maximum absolute atomic E-state index is 4.30. The molecule has 1 aromatic carbocycles. The largest absolute Gasteiger partial charge is 0.358 e. The summed E-state index contributed by atoms with van der Waals surface area (Å²) in [6, 6.07) is 8.88. The number of aliphatic imine (C=N–C) groups is 1. The number of nitrogens with one attached hydrogen (secondary N) is 3. The fourth-order valence-corrected chi connectivity index (χ4v) is 2.54. The predicted octanol–water partition coefficient (Wildman–Crippen LogP) is 3.23. The molecule has 4 heteroatoms. The first kappa shape index (κ1) is 16.4. The number of H-pyrrole nitrogens is 1. The molecule has 2 aromatic rings. The van der Waals surface area contributed by atoms with Crippen molar-refractivity contribution in [1.82, 2.24) is 15.6 Å². The van der Waals surface area contributed by atoms with Crippen LogP contribution in [0.3, 0.4) is 0 Å². The van der Waals surface area contributed by atoms with Gasteiger partial charge in [-0.1, -0.05) is 32.0 Å². The van der Waals surface area contributed by atoms with E-state index in [1.807, 2.05) is 7.05 Å². The number of nitrogens with zero attached hydrogens (tertiary/aromatic N) is 1. The molecule has 0 saturated carbocycles. The van der Waals surface area contributed by atoms with Gasteiger partial charge in [0.1, 0.15) is 0 Å². The average Bonchev–Trinajstić information content (AvgIpc) is 2.81. The minimum absolute atomic E-state index is 0.404. The van der Waals surface area contributed by atoms with Gasteiger partial charge in [0.15, 0.2) is 5.96 Å². The molecule has 1 heterocycles. The standard InChI is InChI=1S/C18H28N4/c1-12(2)13(3)22-18(19-5)20-11-10-15-14(4)21-17-9-7-6-8-16(15)17/h6-9,12-13,21H,10-11H2,1-5H3,(H2,19,20,22). The van der Waals surface area contributed by atoms with Crippen molar-refractivity contribution in [1.29, 1.82) is 0 Å². The van der Waals surface area contributed by atoms with Crippen molar-refractivity contribution in [2.45, 2.75) is 40.2 Å². The third-order valence-electron chi connectivity index (χ3n) is 4.28. The van der Waals surface area contributed by atoms with E-state index in [2.05, 4.69) is 72.6 Å². The average molecular weight is 300 g/mol. The lowest BCUT2D eigenvalue weighted by Gasteiger charge is -2.20. The van der Waals surface area contributed by atoms with E-state index in [1.165, 1.54) is 22.2 Å². The zero-order chi connectivity index (χ0) is 16.1. The molecule has 0 bridgehead atoms. The summed E-state index contributed by atoms with van der Waals surface area (Å²) in [4.78, 5) is 7.75. The van der Waals surface area contributed by atoms with Gasteiger partial charge in [-0.25, -0.2) is 0 Å². The molecule has 0 radical (unpaired) electrons. The minimum Gasteiger partial charge on any atom is -0.358 e. The van der Waals surface area contributed by atoms with Crippen LogP contribution in [0.2, 0.25) is 0 Å². The Balaban J connectivity index is 1.96. The van der Waals surface area contributed by atoms with Gasteiger partial charge in [0, 0.05) is 36.2 Å². The lowest BCUT2D eigenvalue weighted by molar-refractivity contribution is 0.481. The number of aryl methyl sites for hydroxylation is 1. The molecule has 4 nitrogen and oxygen atoms in total. The third-order valence-corrected chi connectivity index (χ3v) is 4.28. The number of aromatic nitrogens is 1. The van der Waals surface area contributed by atoms with Crippen molar-refractivity contribution in [2.24, 2.45) is 10.9 Å². The molecule has 0 aliphatic rings. The number of rotatable bonds is 5. The Morgan fingerprint density at radius 3 is 2.64 bits per heavy atom. The van der Waals surface area contributed by atoms with Crippen LogP contribution >= 0.6 is 0 Å². The Hall–Kier alpha value is -1.97. The van der Waals surface area contributed by atoms with E-state index in [-0.39, 0.29) is 0 Å². The van der Waals surface area contributed by atoms with Gasteiger partial charge in [0.2, 0.25) is 0 Å². The number of guanidine groups is 1. The van der Waals surface area contributed by atoms with Gasteiger partial charge >= 0.3 is 0 Å². The van der Waals surface area contributed by atoms with Gasteiger partial charge in [0.05, 0.1) is 0 Å². The molecule has 22 heavy (non-hydrogen) atoms. The summed E-state index contributed by atoms with van der Waals surface area (Å²) in [7, 11) is 1.82. The highest BCUT2D eigenvalue weighted by Gasteiger charge is 2.10. The van der Waals surface area contributed by atoms with Crippen molar-refractivity contribution in [3.05, 3.63) is 35.5 Å². The number of aromatic amines is 1. The van der Waals surface area contributed by atoms with Crippen molar-refractivity contribution >= 4 is 16.9 Å². The number of hydrogen-bond acceptors (Lipinski definition) is 1. The van der Waals surface area contributed by atoms with E-state index in [4.69, 9.17) is 0 Å². The highest BCUT2D eigenvalue weighted by Crippen LogP contribution is 2.21. The molecule has 1 aromatic heterocycles. The summed E-state index contributed by atoms with van der Waals surface area (Å²) in [6.07, 6.45) is 0.979. The van der Waals surface area contributed by atoms with Crippen LogP contribution in [-0.2, 0) is 6.42 Å². The molecule has 2 rings (SSSR count). The van der Waals surface area contributed by atoms with Gasteiger partial charge in [-0.2, -0.15) is 0 Å². The highest BCUT2D eigenvalue weighted by molar-refractivity contribution is 5.84. The number of fused-ring (bicyclic) bond motifs is 1. The first-order chi connectivity index (χ1) is 10.5. The van der Waals surface area contributed by atoms with E-state index >= 15 is 0 Å². The molecule has 0 fully saturated rings. The smallest absolute Gasteiger partial charge is 0.191 e. The summed E-state index contributed by atoms with van der Waals surface area (Å²) >= 11 is 0. The maximum atomic E-state index is 4.30. The molecule has 3 N–H and O–H groups in total. The highest BCUT2D eigenvalue weighted by atomic mass is 15.2. The summed E-state index contributed by atoms with van der Waals surface area (Å²) in [5.74, 6) is 1.45. The van der Waals surface area contributed by atoms with E-state index in [0.717, 1.165) is 18.9 Å². The third kappa shape index (κ3) is 3.81. The van der Waals surface area contributed by atoms with Crippen LogP contribution < -0.4 is 10.6 Å².